The molecule has 0 atom stereocenters. The molecule has 54 valence electrons. The van der Waals surface area contributed by atoms with Crippen LogP contribution in [0.2, 0.25) is 0 Å². The van der Waals surface area contributed by atoms with Crippen LogP contribution in [-0.2, 0) is 4.89 Å². The van der Waals surface area contributed by atoms with E-state index >= 15 is 0 Å². The quantitative estimate of drug-likeness (QED) is 0.543. The maximum absolute atomic E-state index is 4.63. The van der Waals surface area contributed by atoms with Crippen molar-refractivity contribution in [3.05, 3.63) is 22.8 Å². The van der Waals surface area contributed by atoms with E-state index in [-0.39, 0.29) is 0 Å². The predicted octanol–water partition coefficient (Wildman–Crippen LogP) is 1.78. The Kier molecular flexibility index (Phi) is 2.65. The van der Waals surface area contributed by atoms with E-state index in [0.717, 1.165) is 4.47 Å². The molecule has 1 rings (SSSR count). The number of rotatable bonds is 2. The average Bonchev–Trinajstić information content (AvgIpc) is 1.95. The summed E-state index contributed by atoms with van der Waals surface area (Å²) < 4.78 is 0.913. The Labute approximate surface area is 67.0 Å². The Morgan fingerprint density at radius 3 is 2.80 bits per heavy atom. The topological polar surface area (TPSA) is 31.4 Å². The Hall–Kier alpha value is -0.610. The number of aromatic nitrogens is 1. The highest BCUT2D eigenvalue weighted by Gasteiger charge is 1.92. The summed E-state index contributed by atoms with van der Waals surface area (Å²) in [4.78, 5) is 12.9. The van der Waals surface area contributed by atoms with Gasteiger partial charge in [0.25, 0.3) is 5.88 Å². The molecule has 0 amide bonds. The highest BCUT2D eigenvalue weighted by Crippen LogP contribution is 2.11. The lowest BCUT2D eigenvalue weighted by molar-refractivity contribution is -0.181. The molecule has 0 saturated carbocycles. The van der Waals surface area contributed by atoms with Gasteiger partial charge in [0.05, 0.1) is 7.11 Å². The number of hydrogen-bond acceptors (Lipinski definition) is 3. The predicted molar refractivity (Wildman–Crippen MR) is 39.6 cm³/mol. The molecular weight excluding hydrogens is 198 g/mol. The summed E-state index contributed by atoms with van der Waals surface area (Å²) in [6, 6.07) is 3.52. The van der Waals surface area contributed by atoms with Crippen LogP contribution in [-0.4, -0.2) is 12.1 Å². The zero-order valence-corrected chi connectivity index (χ0v) is 6.96. The summed E-state index contributed by atoms with van der Waals surface area (Å²) >= 11 is 3.24. The summed E-state index contributed by atoms with van der Waals surface area (Å²) in [6.07, 6.45) is 1.63. The van der Waals surface area contributed by atoms with Gasteiger partial charge in [0.15, 0.2) is 0 Å². The standard InChI is InChI=1S/C6H6BrNO2/c1-9-10-6-3-2-5(7)4-8-6/h2-4H,1H3. The van der Waals surface area contributed by atoms with E-state index in [2.05, 4.69) is 30.7 Å². The van der Waals surface area contributed by atoms with Gasteiger partial charge in [0.2, 0.25) is 0 Å². The number of pyridine rings is 1. The summed E-state index contributed by atoms with van der Waals surface area (Å²) in [5, 5.41) is 0. The molecule has 1 aromatic heterocycles. The molecule has 0 aromatic carbocycles. The van der Waals surface area contributed by atoms with Crippen molar-refractivity contribution in [2.75, 3.05) is 7.11 Å². The minimum Gasteiger partial charge on any atom is -0.317 e. The summed E-state index contributed by atoms with van der Waals surface area (Å²) in [5.41, 5.74) is 0. The molecule has 0 bridgehead atoms. The Morgan fingerprint density at radius 1 is 1.50 bits per heavy atom. The third-order valence-corrected chi connectivity index (χ3v) is 1.34. The van der Waals surface area contributed by atoms with Gasteiger partial charge in [-0.05, 0) is 22.0 Å². The lowest BCUT2D eigenvalue weighted by atomic mass is 10.5. The van der Waals surface area contributed by atoms with Gasteiger partial charge >= 0.3 is 0 Å². The molecule has 0 radical (unpaired) electrons. The molecule has 1 heterocycles. The van der Waals surface area contributed by atoms with Crippen molar-refractivity contribution in [1.29, 1.82) is 0 Å². The molecule has 0 aliphatic carbocycles. The van der Waals surface area contributed by atoms with E-state index < -0.39 is 0 Å². The molecule has 4 heteroatoms. The molecule has 3 nitrogen and oxygen atoms in total. The van der Waals surface area contributed by atoms with Crippen LogP contribution in [0.15, 0.2) is 22.8 Å². The zero-order chi connectivity index (χ0) is 7.40. The maximum Gasteiger partial charge on any atom is 0.256 e. The van der Waals surface area contributed by atoms with Crippen molar-refractivity contribution in [2.45, 2.75) is 0 Å². The smallest absolute Gasteiger partial charge is 0.256 e. The first kappa shape index (κ1) is 7.50. The van der Waals surface area contributed by atoms with E-state index in [0.29, 0.717) is 5.88 Å². The fraction of sp³-hybridized carbons (Fsp3) is 0.167. The first-order chi connectivity index (χ1) is 4.83. The minimum atomic E-state index is 0.450. The molecule has 1 aromatic rings. The van der Waals surface area contributed by atoms with Crippen LogP contribution in [0.4, 0.5) is 0 Å². The highest BCUT2D eigenvalue weighted by molar-refractivity contribution is 9.10. The molecule has 0 aliphatic heterocycles. The van der Waals surface area contributed by atoms with Crippen LogP contribution in [0.1, 0.15) is 0 Å². The number of hydrogen-bond donors (Lipinski definition) is 0. The van der Waals surface area contributed by atoms with Crippen LogP contribution in [0.3, 0.4) is 0 Å². The number of nitrogens with zero attached hydrogens (tertiary/aromatic N) is 1. The summed E-state index contributed by atoms with van der Waals surface area (Å²) in [7, 11) is 1.43. The van der Waals surface area contributed by atoms with Crippen LogP contribution in [0, 0.1) is 0 Å². The van der Waals surface area contributed by atoms with Crippen molar-refractivity contribution in [2.24, 2.45) is 0 Å². The van der Waals surface area contributed by atoms with Gasteiger partial charge in [0, 0.05) is 16.7 Å². The maximum atomic E-state index is 4.63. The Balaban J connectivity index is 2.69. The van der Waals surface area contributed by atoms with E-state index in [1.54, 1.807) is 12.3 Å². The molecule has 0 fully saturated rings. The van der Waals surface area contributed by atoms with Gasteiger partial charge < -0.3 is 4.89 Å². The average molecular weight is 204 g/mol. The SMILES string of the molecule is COOc1ccc(Br)cn1. The van der Waals surface area contributed by atoms with Gasteiger partial charge in [-0.25, -0.2) is 4.98 Å². The minimum absolute atomic E-state index is 0.450. The first-order valence-electron chi connectivity index (χ1n) is 2.65. The van der Waals surface area contributed by atoms with E-state index in [9.17, 15) is 0 Å². The normalized spacial score (nSPS) is 9.40. The lowest BCUT2D eigenvalue weighted by Gasteiger charge is -1.97. The van der Waals surface area contributed by atoms with Gasteiger partial charge in [0.1, 0.15) is 0 Å². The van der Waals surface area contributed by atoms with Gasteiger partial charge in [-0.2, -0.15) is 4.89 Å². The molecule has 10 heavy (non-hydrogen) atoms. The van der Waals surface area contributed by atoms with Crippen molar-refractivity contribution in [3.63, 3.8) is 0 Å². The van der Waals surface area contributed by atoms with E-state index in [1.165, 1.54) is 7.11 Å². The molecule has 0 saturated heterocycles. The Bertz CT molecular complexity index is 199. The van der Waals surface area contributed by atoms with Crippen molar-refractivity contribution < 1.29 is 9.78 Å². The third kappa shape index (κ3) is 1.97. The summed E-state index contributed by atoms with van der Waals surface area (Å²) in [6.45, 7) is 0. The molecule has 0 unspecified atom stereocenters. The van der Waals surface area contributed by atoms with Crippen LogP contribution >= 0.6 is 15.9 Å². The fourth-order valence-electron chi connectivity index (χ4n) is 0.497. The van der Waals surface area contributed by atoms with Crippen LogP contribution in [0.5, 0.6) is 5.88 Å². The van der Waals surface area contributed by atoms with E-state index in [4.69, 9.17) is 0 Å². The van der Waals surface area contributed by atoms with Crippen molar-refractivity contribution in [1.82, 2.24) is 4.98 Å². The lowest BCUT2D eigenvalue weighted by Crippen LogP contribution is -1.91. The Morgan fingerprint density at radius 2 is 2.30 bits per heavy atom. The zero-order valence-electron chi connectivity index (χ0n) is 5.37. The second-order valence-corrected chi connectivity index (χ2v) is 2.48. The van der Waals surface area contributed by atoms with Gasteiger partial charge in [-0.15, -0.1) is 0 Å². The summed E-state index contributed by atoms with van der Waals surface area (Å²) in [5.74, 6) is 0.450. The van der Waals surface area contributed by atoms with E-state index in [1.807, 2.05) is 6.07 Å². The van der Waals surface area contributed by atoms with Gasteiger partial charge in [-0.3, -0.25) is 0 Å². The first-order valence-corrected chi connectivity index (χ1v) is 3.44. The van der Waals surface area contributed by atoms with Crippen LogP contribution < -0.4 is 4.89 Å². The molecule has 0 spiro atoms. The largest absolute Gasteiger partial charge is 0.317 e. The molecular formula is C6H6BrNO2. The van der Waals surface area contributed by atoms with Crippen molar-refractivity contribution >= 4 is 15.9 Å². The second-order valence-electron chi connectivity index (χ2n) is 1.56. The second kappa shape index (κ2) is 3.53. The molecule has 0 N–H and O–H groups in total. The van der Waals surface area contributed by atoms with Crippen molar-refractivity contribution in [3.8, 4) is 5.88 Å². The third-order valence-electron chi connectivity index (χ3n) is 0.869. The highest BCUT2D eigenvalue weighted by atomic mass is 79.9. The fourth-order valence-corrected chi connectivity index (χ4v) is 0.731. The van der Waals surface area contributed by atoms with Crippen LogP contribution in [0.25, 0.3) is 0 Å². The molecule has 0 aliphatic rings. The van der Waals surface area contributed by atoms with Gasteiger partial charge in [-0.1, -0.05) is 0 Å². The monoisotopic (exact) mass is 203 g/mol. The number of halogens is 1.